The van der Waals surface area contributed by atoms with Crippen LogP contribution >= 0.6 is 11.8 Å². The summed E-state index contributed by atoms with van der Waals surface area (Å²) in [5.41, 5.74) is 6.28. The highest BCUT2D eigenvalue weighted by molar-refractivity contribution is 8.01. The van der Waals surface area contributed by atoms with Gasteiger partial charge in [0.2, 0.25) is 5.88 Å². The molecule has 118 valence electrons. The van der Waals surface area contributed by atoms with Crippen LogP contribution in [0.5, 0.6) is 5.88 Å². The highest BCUT2D eigenvalue weighted by Gasteiger charge is 2.33. The summed E-state index contributed by atoms with van der Waals surface area (Å²) in [7, 11) is -3.16. The van der Waals surface area contributed by atoms with Crippen LogP contribution in [0.15, 0.2) is 12.1 Å². The van der Waals surface area contributed by atoms with Crippen LogP contribution < -0.4 is 15.4 Å². The number of thioether (sulfide) groups is 1. The van der Waals surface area contributed by atoms with Crippen molar-refractivity contribution in [3.05, 3.63) is 12.1 Å². The molecule has 21 heavy (non-hydrogen) atoms. The Balaban J connectivity index is 2.35. The summed E-state index contributed by atoms with van der Waals surface area (Å²) in [4.78, 5) is 6.23. The number of hydrogen-bond acceptors (Lipinski definition) is 7. The minimum Gasteiger partial charge on any atom is -0.476 e. The van der Waals surface area contributed by atoms with E-state index < -0.39 is 15.2 Å². The molecule has 1 aromatic rings. The van der Waals surface area contributed by atoms with Gasteiger partial charge < -0.3 is 15.4 Å². The number of anilines is 2. The number of pyridine rings is 1. The maximum atomic E-state index is 12.3. The summed E-state index contributed by atoms with van der Waals surface area (Å²) in [5, 5.41) is -0.535. The SMILES string of the molecule is CCOc1nc(N2CCSCC2S(=O)(=O)CC)ccc1N. The van der Waals surface area contributed by atoms with Crippen molar-refractivity contribution in [2.45, 2.75) is 19.2 Å². The van der Waals surface area contributed by atoms with Crippen molar-refractivity contribution in [3.8, 4) is 5.88 Å². The van der Waals surface area contributed by atoms with Crippen LogP contribution in [0.4, 0.5) is 11.5 Å². The van der Waals surface area contributed by atoms with Gasteiger partial charge in [-0.15, -0.1) is 0 Å². The Morgan fingerprint density at radius 1 is 1.48 bits per heavy atom. The quantitative estimate of drug-likeness (QED) is 0.872. The second-order valence-electron chi connectivity index (χ2n) is 4.67. The minimum absolute atomic E-state index is 0.127. The zero-order valence-electron chi connectivity index (χ0n) is 12.3. The molecule has 1 aliphatic heterocycles. The first-order valence-corrected chi connectivity index (χ1v) is 9.82. The first-order chi connectivity index (χ1) is 9.99. The van der Waals surface area contributed by atoms with Gasteiger partial charge in [0.15, 0.2) is 9.84 Å². The van der Waals surface area contributed by atoms with Crippen LogP contribution in [0.2, 0.25) is 0 Å². The summed E-state index contributed by atoms with van der Waals surface area (Å²) in [6.45, 7) is 4.65. The molecule has 1 aromatic heterocycles. The van der Waals surface area contributed by atoms with Crippen molar-refractivity contribution >= 4 is 33.1 Å². The second kappa shape index (κ2) is 6.74. The molecule has 1 aliphatic rings. The molecule has 1 atom stereocenters. The monoisotopic (exact) mass is 331 g/mol. The predicted molar refractivity (Wildman–Crippen MR) is 87.7 cm³/mol. The standard InChI is InChI=1S/C13H21N3O3S2/c1-3-19-13-10(14)5-6-11(15-13)16-7-8-20-9-12(16)21(17,18)4-2/h5-6,12H,3-4,7-9,14H2,1-2H3. The third-order valence-corrected chi connectivity index (χ3v) is 6.64. The predicted octanol–water partition coefficient (Wildman–Crippen LogP) is 1.38. The van der Waals surface area contributed by atoms with Crippen LogP contribution in [-0.4, -0.2) is 49.2 Å². The van der Waals surface area contributed by atoms with Gasteiger partial charge in [0, 0.05) is 23.8 Å². The van der Waals surface area contributed by atoms with Gasteiger partial charge in [0.25, 0.3) is 0 Å². The van der Waals surface area contributed by atoms with E-state index in [0.717, 1.165) is 5.75 Å². The third kappa shape index (κ3) is 3.55. The van der Waals surface area contributed by atoms with E-state index in [1.807, 2.05) is 11.8 Å². The lowest BCUT2D eigenvalue weighted by atomic mass is 10.3. The average molecular weight is 331 g/mol. The van der Waals surface area contributed by atoms with Gasteiger partial charge in [-0.05, 0) is 19.1 Å². The number of nitrogen functional groups attached to an aromatic ring is 1. The summed E-state index contributed by atoms with van der Waals surface area (Å²) in [6, 6.07) is 3.47. The molecule has 0 bridgehead atoms. The molecule has 2 rings (SSSR count). The van der Waals surface area contributed by atoms with E-state index >= 15 is 0 Å². The smallest absolute Gasteiger partial charge is 0.239 e. The van der Waals surface area contributed by atoms with Crippen LogP contribution in [0.1, 0.15) is 13.8 Å². The maximum absolute atomic E-state index is 12.3. The molecule has 0 radical (unpaired) electrons. The topological polar surface area (TPSA) is 85.5 Å². The fraction of sp³-hybridized carbons (Fsp3) is 0.615. The number of nitrogens with two attached hydrogens (primary N) is 1. The number of hydrogen-bond donors (Lipinski definition) is 1. The fourth-order valence-corrected chi connectivity index (χ4v) is 5.16. The van der Waals surface area contributed by atoms with Gasteiger partial charge in [0.05, 0.1) is 12.3 Å². The molecule has 1 saturated heterocycles. The molecule has 2 heterocycles. The summed E-state index contributed by atoms with van der Waals surface area (Å²) < 4.78 is 30.0. The van der Waals surface area contributed by atoms with Crippen molar-refractivity contribution in [2.24, 2.45) is 0 Å². The van der Waals surface area contributed by atoms with Gasteiger partial charge in [-0.2, -0.15) is 16.7 Å². The number of rotatable bonds is 5. The van der Waals surface area contributed by atoms with Crippen LogP contribution in [0.3, 0.4) is 0 Å². The number of nitrogens with zero attached hydrogens (tertiary/aromatic N) is 2. The molecule has 1 fully saturated rings. The number of aromatic nitrogens is 1. The number of sulfone groups is 1. The molecule has 8 heteroatoms. The van der Waals surface area contributed by atoms with E-state index in [1.165, 1.54) is 0 Å². The van der Waals surface area contributed by atoms with E-state index in [0.29, 0.717) is 36.3 Å². The van der Waals surface area contributed by atoms with Gasteiger partial charge >= 0.3 is 0 Å². The zero-order valence-corrected chi connectivity index (χ0v) is 13.9. The van der Waals surface area contributed by atoms with E-state index in [1.54, 1.807) is 30.8 Å². The van der Waals surface area contributed by atoms with Crippen molar-refractivity contribution in [1.82, 2.24) is 4.98 Å². The molecular formula is C13H21N3O3S2. The number of ether oxygens (including phenoxy) is 1. The molecule has 0 saturated carbocycles. The zero-order chi connectivity index (χ0) is 15.5. The Labute approximate surface area is 130 Å². The summed E-state index contributed by atoms with van der Waals surface area (Å²) in [6.07, 6.45) is 0. The summed E-state index contributed by atoms with van der Waals surface area (Å²) >= 11 is 1.66. The Bertz CT molecular complexity index is 592. The molecule has 0 aliphatic carbocycles. The van der Waals surface area contributed by atoms with Crippen molar-refractivity contribution in [2.75, 3.05) is 41.0 Å². The first-order valence-electron chi connectivity index (χ1n) is 6.94. The first kappa shape index (κ1) is 16.2. The minimum atomic E-state index is -3.16. The van der Waals surface area contributed by atoms with Gasteiger partial charge in [-0.1, -0.05) is 6.92 Å². The lowest BCUT2D eigenvalue weighted by Crippen LogP contribution is -2.48. The maximum Gasteiger partial charge on any atom is 0.239 e. The highest BCUT2D eigenvalue weighted by atomic mass is 32.2. The lowest BCUT2D eigenvalue weighted by Gasteiger charge is -2.35. The largest absolute Gasteiger partial charge is 0.476 e. The van der Waals surface area contributed by atoms with Gasteiger partial charge in [0.1, 0.15) is 11.2 Å². The molecule has 0 aromatic carbocycles. The molecular weight excluding hydrogens is 310 g/mol. The van der Waals surface area contributed by atoms with Gasteiger partial charge in [-0.25, -0.2) is 8.42 Å². The van der Waals surface area contributed by atoms with E-state index in [4.69, 9.17) is 10.5 Å². The Morgan fingerprint density at radius 3 is 2.90 bits per heavy atom. The van der Waals surface area contributed by atoms with Crippen molar-refractivity contribution < 1.29 is 13.2 Å². The van der Waals surface area contributed by atoms with Crippen LogP contribution in [0.25, 0.3) is 0 Å². The van der Waals surface area contributed by atoms with Gasteiger partial charge in [-0.3, -0.25) is 0 Å². The average Bonchev–Trinajstić information content (AvgIpc) is 2.50. The highest BCUT2D eigenvalue weighted by Crippen LogP contribution is 2.29. The van der Waals surface area contributed by atoms with Crippen LogP contribution in [0, 0.1) is 0 Å². The summed E-state index contributed by atoms with van der Waals surface area (Å²) in [5.74, 6) is 2.54. The molecule has 2 N–H and O–H groups in total. The Hall–Kier alpha value is -1.15. The fourth-order valence-electron chi connectivity index (χ4n) is 2.19. The molecule has 1 unspecified atom stereocenters. The van der Waals surface area contributed by atoms with E-state index in [2.05, 4.69) is 4.98 Å². The normalized spacial score (nSPS) is 19.5. The van der Waals surface area contributed by atoms with Crippen molar-refractivity contribution in [3.63, 3.8) is 0 Å². The molecule has 6 nitrogen and oxygen atoms in total. The lowest BCUT2D eigenvalue weighted by molar-refractivity contribution is 0.329. The van der Waals surface area contributed by atoms with Crippen LogP contribution in [-0.2, 0) is 9.84 Å². The van der Waals surface area contributed by atoms with E-state index in [-0.39, 0.29) is 5.75 Å². The second-order valence-corrected chi connectivity index (χ2v) is 8.27. The molecule has 0 spiro atoms. The third-order valence-electron chi connectivity index (χ3n) is 3.35. The Kier molecular flexibility index (Phi) is 5.21. The van der Waals surface area contributed by atoms with Crippen molar-refractivity contribution in [1.29, 1.82) is 0 Å². The molecule has 0 amide bonds. The van der Waals surface area contributed by atoms with E-state index in [9.17, 15) is 8.42 Å². The Morgan fingerprint density at radius 2 is 2.24 bits per heavy atom.